The summed E-state index contributed by atoms with van der Waals surface area (Å²) in [6.45, 7) is 1.75. The Morgan fingerprint density at radius 2 is 1.91 bits per heavy atom. The lowest BCUT2D eigenvalue weighted by Crippen LogP contribution is -2.39. The van der Waals surface area contributed by atoms with E-state index in [1.165, 1.54) is 6.42 Å². The summed E-state index contributed by atoms with van der Waals surface area (Å²) in [7, 11) is 0. The van der Waals surface area contributed by atoms with Crippen LogP contribution in [0, 0.1) is 0 Å². The van der Waals surface area contributed by atoms with Crippen molar-refractivity contribution in [1.82, 2.24) is 10.6 Å². The van der Waals surface area contributed by atoms with Crippen molar-refractivity contribution in [2.75, 3.05) is 19.7 Å². The molecule has 1 unspecified atom stereocenters. The van der Waals surface area contributed by atoms with Crippen molar-refractivity contribution in [3.8, 4) is 16.9 Å². The Morgan fingerprint density at radius 1 is 1.13 bits per heavy atom. The molecule has 0 radical (unpaired) electrons. The number of hydrogen-bond donors (Lipinski definition) is 2. The first-order chi connectivity index (χ1) is 11.3. The quantitative estimate of drug-likeness (QED) is 0.862. The summed E-state index contributed by atoms with van der Waals surface area (Å²) >= 11 is 0. The van der Waals surface area contributed by atoms with E-state index in [2.05, 4.69) is 10.6 Å². The SMILES string of the molecule is O=C(COc1ccccc1-c1ccccc1)NCC1CCCN1. The molecule has 0 aliphatic carbocycles. The molecule has 2 aromatic rings. The van der Waals surface area contributed by atoms with Gasteiger partial charge < -0.3 is 15.4 Å². The van der Waals surface area contributed by atoms with Crippen molar-refractivity contribution in [3.63, 3.8) is 0 Å². The molecule has 4 heteroatoms. The van der Waals surface area contributed by atoms with Crippen LogP contribution in [0.1, 0.15) is 12.8 Å². The topological polar surface area (TPSA) is 50.4 Å². The molecule has 2 N–H and O–H groups in total. The Kier molecular flexibility index (Phi) is 5.27. The van der Waals surface area contributed by atoms with Crippen LogP contribution in [0.25, 0.3) is 11.1 Å². The maximum absolute atomic E-state index is 12.0. The summed E-state index contributed by atoms with van der Waals surface area (Å²) in [6.07, 6.45) is 2.31. The second kappa shape index (κ2) is 7.79. The van der Waals surface area contributed by atoms with Crippen molar-refractivity contribution < 1.29 is 9.53 Å². The summed E-state index contributed by atoms with van der Waals surface area (Å²) in [6, 6.07) is 18.2. The van der Waals surface area contributed by atoms with Gasteiger partial charge in [-0.15, -0.1) is 0 Å². The zero-order chi connectivity index (χ0) is 15.9. The van der Waals surface area contributed by atoms with E-state index in [1.807, 2.05) is 54.6 Å². The van der Waals surface area contributed by atoms with Gasteiger partial charge in [-0.2, -0.15) is 0 Å². The standard InChI is InChI=1S/C19H22N2O2/c22-19(21-13-16-9-6-12-20-16)14-23-18-11-5-4-10-17(18)15-7-2-1-3-8-15/h1-5,7-8,10-11,16,20H,6,9,12-14H2,(H,21,22). The van der Waals surface area contributed by atoms with Gasteiger partial charge in [0, 0.05) is 18.2 Å². The van der Waals surface area contributed by atoms with Crippen LogP contribution in [-0.2, 0) is 4.79 Å². The highest BCUT2D eigenvalue weighted by Gasteiger charge is 2.15. The van der Waals surface area contributed by atoms with E-state index in [-0.39, 0.29) is 12.5 Å². The highest BCUT2D eigenvalue weighted by molar-refractivity contribution is 5.78. The van der Waals surface area contributed by atoms with Gasteiger partial charge >= 0.3 is 0 Å². The summed E-state index contributed by atoms with van der Waals surface area (Å²) in [4.78, 5) is 12.0. The maximum atomic E-state index is 12.0. The van der Waals surface area contributed by atoms with Gasteiger partial charge in [0.2, 0.25) is 0 Å². The number of rotatable bonds is 6. The summed E-state index contributed by atoms with van der Waals surface area (Å²) in [5, 5.41) is 6.29. The molecule has 120 valence electrons. The number of amides is 1. The highest BCUT2D eigenvalue weighted by Crippen LogP contribution is 2.29. The molecule has 1 heterocycles. The minimum Gasteiger partial charge on any atom is -0.483 e. The van der Waals surface area contributed by atoms with Crippen molar-refractivity contribution >= 4 is 5.91 Å². The Balaban J connectivity index is 1.56. The van der Waals surface area contributed by atoms with Crippen LogP contribution in [0.3, 0.4) is 0 Å². The van der Waals surface area contributed by atoms with E-state index in [1.54, 1.807) is 0 Å². The zero-order valence-corrected chi connectivity index (χ0v) is 13.1. The normalized spacial score (nSPS) is 17.0. The van der Waals surface area contributed by atoms with Gasteiger partial charge in [-0.3, -0.25) is 4.79 Å². The minimum atomic E-state index is -0.0819. The molecule has 4 nitrogen and oxygen atoms in total. The lowest BCUT2D eigenvalue weighted by atomic mass is 10.1. The third kappa shape index (κ3) is 4.33. The van der Waals surface area contributed by atoms with Crippen LogP contribution in [-0.4, -0.2) is 31.6 Å². The average Bonchev–Trinajstić information content (AvgIpc) is 3.13. The second-order valence-electron chi connectivity index (χ2n) is 5.75. The molecule has 3 rings (SSSR count). The summed E-state index contributed by atoms with van der Waals surface area (Å²) in [5.74, 6) is 0.648. The fourth-order valence-electron chi connectivity index (χ4n) is 2.81. The fraction of sp³-hybridized carbons (Fsp3) is 0.316. The lowest BCUT2D eigenvalue weighted by Gasteiger charge is -2.13. The minimum absolute atomic E-state index is 0.0383. The lowest BCUT2D eigenvalue weighted by molar-refractivity contribution is -0.123. The van der Waals surface area contributed by atoms with Crippen LogP contribution < -0.4 is 15.4 Å². The monoisotopic (exact) mass is 310 g/mol. The van der Waals surface area contributed by atoms with E-state index >= 15 is 0 Å². The second-order valence-corrected chi connectivity index (χ2v) is 5.75. The van der Waals surface area contributed by atoms with Crippen molar-refractivity contribution in [2.45, 2.75) is 18.9 Å². The third-order valence-corrected chi connectivity index (χ3v) is 4.04. The van der Waals surface area contributed by atoms with Gasteiger partial charge in [0.15, 0.2) is 6.61 Å². The van der Waals surface area contributed by atoms with E-state index in [4.69, 9.17) is 4.74 Å². The molecule has 0 saturated carbocycles. The fourth-order valence-corrected chi connectivity index (χ4v) is 2.81. The van der Waals surface area contributed by atoms with Gasteiger partial charge in [0.05, 0.1) is 0 Å². The van der Waals surface area contributed by atoms with E-state index < -0.39 is 0 Å². The molecule has 1 aliphatic heterocycles. The smallest absolute Gasteiger partial charge is 0.257 e. The Bertz CT molecular complexity index is 637. The first-order valence-corrected chi connectivity index (χ1v) is 8.10. The predicted octanol–water partition coefficient (Wildman–Crippen LogP) is 2.60. The first kappa shape index (κ1) is 15.6. The van der Waals surface area contributed by atoms with Crippen LogP contribution in [0.5, 0.6) is 5.75 Å². The summed E-state index contributed by atoms with van der Waals surface area (Å²) < 4.78 is 5.74. The number of benzene rings is 2. The zero-order valence-electron chi connectivity index (χ0n) is 13.1. The molecule has 0 aromatic heterocycles. The molecule has 1 amide bonds. The molecule has 1 aliphatic rings. The molecule has 0 spiro atoms. The van der Waals surface area contributed by atoms with E-state index in [0.29, 0.717) is 12.6 Å². The number of ether oxygens (including phenoxy) is 1. The largest absolute Gasteiger partial charge is 0.483 e. The average molecular weight is 310 g/mol. The van der Waals surface area contributed by atoms with Gasteiger partial charge in [-0.25, -0.2) is 0 Å². The maximum Gasteiger partial charge on any atom is 0.257 e. The molecule has 0 bridgehead atoms. The summed E-state index contributed by atoms with van der Waals surface area (Å²) in [5.41, 5.74) is 2.08. The van der Waals surface area contributed by atoms with Crippen LogP contribution in [0.4, 0.5) is 0 Å². The van der Waals surface area contributed by atoms with E-state index in [9.17, 15) is 4.79 Å². The van der Waals surface area contributed by atoms with Crippen LogP contribution in [0.2, 0.25) is 0 Å². The Labute approximate surface area is 136 Å². The van der Waals surface area contributed by atoms with Crippen LogP contribution >= 0.6 is 0 Å². The molecule has 1 saturated heterocycles. The van der Waals surface area contributed by atoms with Gasteiger partial charge in [-0.1, -0.05) is 48.5 Å². The molecule has 1 atom stereocenters. The highest BCUT2D eigenvalue weighted by atomic mass is 16.5. The van der Waals surface area contributed by atoms with Crippen LogP contribution in [0.15, 0.2) is 54.6 Å². The first-order valence-electron chi connectivity index (χ1n) is 8.10. The number of hydrogen-bond acceptors (Lipinski definition) is 3. The molecule has 1 fully saturated rings. The van der Waals surface area contributed by atoms with Gasteiger partial charge in [0.25, 0.3) is 5.91 Å². The van der Waals surface area contributed by atoms with Crippen molar-refractivity contribution in [3.05, 3.63) is 54.6 Å². The van der Waals surface area contributed by atoms with Gasteiger partial charge in [0.1, 0.15) is 5.75 Å². The Morgan fingerprint density at radius 3 is 2.70 bits per heavy atom. The number of carbonyl (C=O) groups excluding carboxylic acids is 1. The predicted molar refractivity (Wildman–Crippen MR) is 91.4 cm³/mol. The molecule has 2 aromatic carbocycles. The number of nitrogens with one attached hydrogen (secondary N) is 2. The van der Waals surface area contributed by atoms with Crippen molar-refractivity contribution in [2.24, 2.45) is 0 Å². The number of para-hydroxylation sites is 1. The van der Waals surface area contributed by atoms with Gasteiger partial charge in [-0.05, 0) is 31.0 Å². The van der Waals surface area contributed by atoms with E-state index in [0.717, 1.165) is 29.8 Å². The molecule has 23 heavy (non-hydrogen) atoms. The number of carbonyl (C=O) groups is 1. The van der Waals surface area contributed by atoms with Crippen molar-refractivity contribution in [1.29, 1.82) is 0 Å². The third-order valence-electron chi connectivity index (χ3n) is 4.04. The Hall–Kier alpha value is -2.33. The molecular formula is C19H22N2O2. The molecular weight excluding hydrogens is 288 g/mol.